The quantitative estimate of drug-likeness (QED) is 0.351. The molecule has 1 amide bonds. The summed E-state index contributed by atoms with van der Waals surface area (Å²) in [5, 5.41) is 2.59. The molecule has 44 heavy (non-hydrogen) atoms. The maximum atomic E-state index is 13.3. The van der Waals surface area contributed by atoms with Gasteiger partial charge in [-0.2, -0.15) is 13.2 Å². The lowest BCUT2D eigenvalue weighted by Gasteiger charge is -2.38. The van der Waals surface area contributed by atoms with Gasteiger partial charge in [0.05, 0.1) is 39.4 Å². The zero-order valence-corrected chi connectivity index (χ0v) is 23.9. The molecule has 0 unspecified atom stereocenters. The molecule has 0 aromatic heterocycles. The van der Waals surface area contributed by atoms with E-state index in [0.29, 0.717) is 51.0 Å². The standard InChI is InChI=1S/C31H28F3NO9/c1-38-23-8-16(9-24(39-2)28(23)40-3)25-18-10-21-22(43-14-42-21)11-19(18)27(20-13-41-29(36)26(20)25)44-30(37)35-12-15-4-6-17(7-5-15)31(32,33)34/h4-11,20,25-27H,12-14H2,1-3H3,(H,35,37)/t20-,25+,26-,27+/m0/s1. The van der Waals surface area contributed by atoms with Gasteiger partial charge in [0.15, 0.2) is 23.0 Å². The number of cyclic esters (lactones) is 1. The zero-order valence-electron chi connectivity index (χ0n) is 23.9. The number of methoxy groups -OCH3 is 3. The number of carbonyl (C=O) groups is 2. The zero-order chi connectivity index (χ0) is 31.2. The lowest BCUT2D eigenvalue weighted by Crippen LogP contribution is -2.38. The highest BCUT2D eigenvalue weighted by Gasteiger charge is 2.54. The van der Waals surface area contributed by atoms with Crippen molar-refractivity contribution < 1.29 is 55.9 Å². The second kappa shape index (κ2) is 11.4. The van der Waals surface area contributed by atoms with Gasteiger partial charge in [-0.3, -0.25) is 4.79 Å². The molecule has 1 saturated heterocycles. The lowest BCUT2D eigenvalue weighted by atomic mass is 9.66. The summed E-state index contributed by atoms with van der Waals surface area (Å²) in [6.45, 7) is -0.0778. The number of fused-ring (bicyclic) bond motifs is 3. The molecule has 0 saturated carbocycles. The molecule has 10 nitrogen and oxygen atoms in total. The number of carbonyl (C=O) groups excluding carboxylic acids is 2. The topological polar surface area (TPSA) is 111 Å². The molecule has 13 heteroatoms. The first kappa shape index (κ1) is 29.3. The summed E-state index contributed by atoms with van der Waals surface area (Å²) >= 11 is 0. The monoisotopic (exact) mass is 615 g/mol. The number of amides is 1. The molecule has 1 N–H and O–H groups in total. The smallest absolute Gasteiger partial charge is 0.416 e. The van der Waals surface area contributed by atoms with E-state index in [2.05, 4.69) is 5.32 Å². The third-order valence-corrected chi connectivity index (χ3v) is 8.12. The second-order valence-corrected chi connectivity index (χ2v) is 10.5. The minimum absolute atomic E-state index is 0.00110. The predicted molar refractivity (Wildman–Crippen MR) is 146 cm³/mol. The fourth-order valence-corrected chi connectivity index (χ4v) is 6.09. The van der Waals surface area contributed by atoms with Crippen LogP contribution in [-0.2, 0) is 27.0 Å². The molecule has 2 heterocycles. The Balaban J connectivity index is 1.35. The van der Waals surface area contributed by atoms with E-state index in [-0.39, 0.29) is 19.9 Å². The normalized spacial score (nSPS) is 21.5. The van der Waals surface area contributed by atoms with Crippen LogP contribution in [0.4, 0.5) is 18.0 Å². The highest BCUT2D eigenvalue weighted by atomic mass is 19.4. The second-order valence-electron chi connectivity index (χ2n) is 10.5. The number of halogens is 3. The first-order valence-corrected chi connectivity index (χ1v) is 13.6. The van der Waals surface area contributed by atoms with Crippen molar-refractivity contribution in [2.24, 2.45) is 11.8 Å². The Labute approximate surface area is 249 Å². The fraction of sp³-hybridized carbons (Fsp3) is 0.355. The molecule has 0 radical (unpaired) electrons. The van der Waals surface area contributed by atoms with Crippen LogP contribution in [0.5, 0.6) is 28.7 Å². The molecule has 1 fully saturated rings. The minimum Gasteiger partial charge on any atom is -0.493 e. The third kappa shape index (κ3) is 5.16. The largest absolute Gasteiger partial charge is 0.493 e. The number of ether oxygens (including phenoxy) is 7. The van der Waals surface area contributed by atoms with Crippen molar-refractivity contribution in [3.8, 4) is 28.7 Å². The van der Waals surface area contributed by atoms with Crippen molar-refractivity contribution in [3.63, 3.8) is 0 Å². The van der Waals surface area contributed by atoms with Gasteiger partial charge in [-0.1, -0.05) is 12.1 Å². The predicted octanol–water partition coefficient (Wildman–Crippen LogP) is 5.36. The van der Waals surface area contributed by atoms with Gasteiger partial charge in [0.25, 0.3) is 0 Å². The van der Waals surface area contributed by atoms with Gasteiger partial charge in [-0.25, -0.2) is 4.79 Å². The Morgan fingerprint density at radius 1 is 0.909 bits per heavy atom. The summed E-state index contributed by atoms with van der Waals surface area (Å²) in [7, 11) is 4.48. The van der Waals surface area contributed by atoms with Crippen molar-refractivity contribution in [3.05, 3.63) is 76.3 Å². The molecular formula is C31H28F3NO9. The molecule has 3 aliphatic rings. The lowest BCUT2D eigenvalue weighted by molar-refractivity contribution is -0.142. The van der Waals surface area contributed by atoms with Gasteiger partial charge in [-0.05, 0) is 53.1 Å². The average Bonchev–Trinajstić information content (AvgIpc) is 3.64. The van der Waals surface area contributed by atoms with Gasteiger partial charge >= 0.3 is 18.2 Å². The number of hydrogen-bond acceptors (Lipinski definition) is 9. The van der Waals surface area contributed by atoms with Crippen LogP contribution < -0.4 is 29.0 Å². The van der Waals surface area contributed by atoms with Crippen LogP contribution >= 0.6 is 0 Å². The van der Waals surface area contributed by atoms with Crippen LogP contribution in [0.25, 0.3) is 0 Å². The molecule has 3 aromatic rings. The first-order chi connectivity index (χ1) is 21.1. The Bertz CT molecular complexity index is 1570. The summed E-state index contributed by atoms with van der Waals surface area (Å²) < 4.78 is 78.1. The highest BCUT2D eigenvalue weighted by molar-refractivity contribution is 5.79. The Hall–Kier alpha value is -4.81. The van der Waals surface area contributed by atoms with Crippen LogP contribution in [0.1, 0.15) is 39.8 Å². The number of esters is 1. The van der Waals surface area contributed by atoms with Gasteiger partial charge in [-0.15, -0.1) is 0 Å². The maximum Gasteiger partial charge on any atom is 0.416 e. The van der Waals surface area contributed by atoms with Crippen LogP contribution in [0.2, 0.25) is 0 Å². The van der Waals surface area contributed by atoms with E-state index in [9.17, 15) is 22.8 Å². The molecule has 4 atom stereocenters. The number of alkyl carbamates (subject to hydrolysis) is 1. The Morgan fingerprint density at radius 3 is 2.14 bits per heavy atom. The molecule has 3 aromatic carbocycles. The fourth-order valence-electron chi connectivity index (χ4n) is 6.09. The van der Waals surface area contributed by atoms with E-state index < -0.39 is 47.7 Å². The van der Waals surface area contributed by atoms with E-state index in [1.807, 2.05) is 0 Å². The molecule has 232 valence electrons. The summed E-state index contributed by atoms with van der Waals surface area (Å²) in [6.07, 6.45) is -6.20. The van der Waals surface area contributed by atoms with Crippen molar-refractivity contribution in [1.82, 2.24) is 5.32 Å². The number of nitrogens with one attached hydrogen (secondary N) is 1. The number of benzene rings is 3. The number of hydrogen-bond donors (Lipinski definition) is 1. The molecule has 2 aliphatic heterocycles. The van der Waals surface area contributed by atoms with Crippen molar-refractivity contribution in [2.75, 3.05) is 34.7 Å². The molecule has 6 rings (SSSR count). The molecule has 0 bridgehead atoms. The first-order valence-electron chi connectivity index (χ1n) is 13.6. The highest BCUT2D eigenvalue weighted by Crippen LogP contribution is 2.56. The average molecular weight is 616 g/mol. The van der Waals surface area contributed by atoms with Crippen molar-refractivity contribution in [2.45, 2.75) is 24.7 Å². The molecule has 1 aliphatic carbocycles. The third-order valence-electron chi connectivity index (χ3n) is 8.12. The molecule has 0 spiro atoms. The van der Waals surface area contributed by atoms with Crippen molar-refractivity contribution in [1.29, 1.82) is 0 Å². The summed E-state index contributed by atoms with van der Waals surface area (Å²) in [5.74, 6) is -0.252. The van der Waals surface area contributed by atoms with Crippen LogP contribution in [0.3, 0.4) is 0 Å². The summed E-state index contributed by atoms with van der Waals surface area (Å²) in [6, 6.07) is 11.5. The van der Waals surface area contributed by atoms with Crippen molar-refractivity contribution >= 4 is 12.1 Å². The Kier molecular flexibility index (Phi) is 7.56. The van der Waals surface area contributed by atoms with Gasteiger partial charge < -0.3 is 38.5 Å². The Morgan fingerprint density at radius 2 is 1.55 bits per heavy atom. The van der Waals surface area contributed by atoms with E-state index >= 15 is 0 Å². The minimum atomic E-state index is -4.47. The maximum absolute atomic E-state index is 13.3. The molecular weight excluding hydrogens is 587 g/mol. The van der Waals surface area contributed by atoms with Gasteiger partial charge in [0.1, 0.15) is 6.10 Å². The number of alkyl halides is 3. The van der Waals surface area contributed by atoms with E-state index in [1.165, 1.54) is 33.5 Å². The summed E-state index contributed by atoms with van der Waals surface area (Å²) in [5.41, 5.74) is 1.59. The number of rotatable bonds is 7. The van der Waals surface area contributed by atoms with Crippen LogP contribution in [0, 0.1) is 11.8 Å². The van der Waals surface area contributed by atoms with Gasteiger partial charge in [0, 0.05) is 23.9 Å². The summed E-state index contributed by atoms with van der Waals surface area (Å²) in [4.78, 5) is 26.4. The van der Waals surface area contributed by atoms with E-state index in [4.69, 9.17) is 33.2 Å². The van der Waals surface area contributed by atoms with Crippen LogP contribution in [0.15, 0.2) is 48.5 Å². The van der Waals surface area contributed by atoms with Gasteiger partial charge in [0.2, 0.25) is 12.5 Å². The van der Waals surface area contributed by atoms with E-state index in [0.717, 1.165) is 12.1 Å². The van der Waals surface area contributed by atoms with Crippen LogP contribution in [-0.4, -0.2) is 46.8 Å². The SMILES string of the molecule is COc1cc([C@@H]2c3cc4c(cc3[C@@H](OC(=O)NCc3ccc(C(F)(F)F)cc3)[C@H]3COC(=O)[C@H]23)OCO4)cc(OC)c1OC. The van der Waals surface area contributed by atoms with E-state index in [1.54, 1.807) is 24.3 Å².